The fraction of sp³-hybridized carbons (Fsp3) is 0.0870. The Bertz CT molecular complexity index is 1300. The van der Waals surface area contributed by atoms with Crippen LogP contribution in [0, 0.1) is 6.92 Å². The van der Waals surface area contributed by atoms with Gasteiger partial charge in [0.05, 0.1) is 17.0 Å². The van der Waals surface area contributed by atoms with E-state index >= 15 is 0 Å². The van der Waals surface area contributed by atoms with E-state index in [0.29, 0.717) is 21.4 Å². The summed E-state index contributed by atoms with van der Waals surface area (Å²) >= 11 is 9.63. The summed E-state index contributed by atoms with van der Waals surface area (Å²) in [7, 11) is 0. The average Bonchev–Trinajstić information content (AvgIpc) is 2.73. The number of ether oxygens (including phenoxy) is 1. The molecular formula is C23H16BrClN2O3. The van der Waals surface area contributed by atoms with Gasteiger partial charge in [-0.1, -0.05) is 76.1 Å². The summed E-state index contributed by atoms with van der Waals surface area (Å²) < 4.78 is 7.66. The second-order valence-electron chi connectivity index (χ2n) is 6.77. The molecule has 4 aromatic rings. The van der Waals surface area contributed by atoms with Crippen molar-refractivity contribution in [3.63, 3.8) is 0 Å². The highest BCUT2D eigenvalue weighted by Crippen LogP contribution is 2.32. The van der Waals surface area contributed by atoms with E-state index in [4.69, 9.17) is 16.3 Å². The number of carbonyl (C=O) groups excluding carboxylic acids is 1. The number of aryl methyl sites for hydroxylation is 1. The second-order valence-corrected chi connectivity index (χ2v) is 8.09. The first-order chi connectivity index (χ1) is 14.4. The summed E-state index contributed by atoms with van der Waals surface area (Å²) in [6.45, 7) is 2.03. The van der Waals surface area contributed by atoms with Crippen LogP contribution in [0.4, 0.5) is 0 Å². The first-order valence-electron chi connectivity index (χ1n) is 9.15. The number of hydrogen-bond acceptors (Lipinski definition) is 4. The van der Waals surface area contributed by atoms with E-state index in [1.54, 1.807) is 43.3 Å². The first kappa shape index (κ1) is 20.3. The summed E-state index contributed by atoms with van der Waals surface area (Å²) in [5.41, 5.74) is 1.38. The van der Waals surface area contributed by atoms with Crippen LogP contribution in [0.2, 0.25) is 5.02 Å². The van der Waals surface area contributed by atoms with Gasteiger partial charge < -0.3 is 4.74 Å². The van der Waals surface area contributed by atoms with Crippen LogP contribution >= 0.6 is 27.5 Å². The molecule has 0 bridgehead atoms. The standard InChI is InChI=1S/C23H16BrClN2O3/c1-14-11-16(24)12-19(25)21(14)30-23(29)20-17-9-5-6-10-18(17)22(28)27(26-20)13-15-7-3-2-4-8-15/h2-12H,13H2,1H3. The Morgan fingerprint density at radius 3 is 2.43 bits per heavy atom. The lowest BCUT2D eigenvalue weighted by Gasteiger charge is -2.13. The molecule has 7 heteroatoms. The van der Waals surface area contributed by atoms with Crippen molar-refractivity contribution in [2.45, 2.75) is 13.5 Å². The molecule has 0 amide bonds. The maximum Gasteiger partial charge on any atom is 0.364 e. The molecule has 0 N–H and O–H groups in total. The predicted molar refractivity (Wildman–Crippen MR) is 120 cm³/mol. The molecular weight excluding hydrogens is 468 g/mol. The van der Waals surface area contributed by atoms with Gasteiger partial charge in [-0.25, -0.2) is 9.48 Å². The highest BCUT2D eigenvalue weighted by Gasteiger charge is 2.21. The van der Waals surface area contributed by atoms with Crippen LogP contribution in [0.1, 0.15) is 21.6 Å². The van der Waals surface area contributed by atoms with Gasteiger partial charge in [-0.05, 0) is 36.2 Å². The number of benzene rings is 3. The van der Waals surface area contributed by atoms with E-state index in [0.717, 1.165) is 10.0 Å². The van der Waals surface area contributed by atoms with E-state index in [1.807, 2.05) is 30.3 Å². The van der Waals surface area contributed by atoms with Crippen molar-refractivity contribution < 1.29 is 9.53 Å². The lowest BCUT2D eigenvalue weighted by atomic mass is 10.1. The van der Waals surface area contributed by atoms with Crippen molar-refractivity contribution in [1.29, 1.82) is 0 Å². The molecule has 1 heterocycles. The van der Waals surface area contributed by atoms with Crippen LogP contribution in [0.3, 0.4) is 0 Å². The lowest BCUT2D eigenvalue weighted by molar-refractivity contribution is 0.0727. The third kappa shape index (κ3) is 4.01. The zero-order valence-electron chi connectivity index (χ0n) is 15.9. The highest BCUT2D eigenvalue weighted by molar-refractivity contribution is 9.10. The number of esters is 1. The zero-order chi connectivity index (χ0) is 21.3. The van der Waals surface area contributed by atoms with Crippen LogP contribution in [0.15, 0.2) is 76.0 Å². The van der Waals surface area contributed by atoms with E-state index in [-0.39, 0.29) is 23.5 Å². The molecule has 150 valence electrons. The first-order valence-corrected chi connectivity index (χ1v) is 10.3. The second kappa shape index (κ2) is 8.42. The maximum atomic E-state index is 13.1. The number of aromatic nitrogens is 2. The molecule has 0 saturated heterocycles. The molecule has 3 aromatic carbocycles. The summed E-state index contributed by atoms with van der Waals surface area (Å²) in [5.74, 6) is -0.420. The van der Waals surface area contributed by atoms with Crippen molar-refractivity contribution in [2.24, 2.45) is 0 Å². The average molecular weight is 484 g/mol. The van der Waals surface area contributed by atoms with E-state index in [9.17, 15) is 9.59 Å². The minimum Gasteiger partial charge on any atom is -0.420 e. The Morgan fingerprint density at radius 1 is 1.07 bits per heavy atom. The van der Waals surface area contributed by atoms with Crippen LogP contribution in [0.5, 0.6) is 5.75 Å². The van der Waals surface area contributed by atoms with Gasteiger partial charge in [-0.3, -0.25) is 4.79 Å². The van der Waals surface area contributed by atoms with Gasteiger partial charge in [0.2, 0.25) is 0 Å². The third-order valence-corrected chi connectivity index (χ3v) is 5.36. The maximum absolute atomic E-state index is 13.1. The van der Waals surface area contributed by atoms with E-state index in [2.05, 4.69) is 21.0 Å². The summed E-state index contributed by atoms with van der Waals surface area (Å²) in [5, 5.41) is 5.48. The molecule has 4 rings (SSSR count). The van der Waals surface area contributed by atoms with Crippen molar-refractivity contribution in [2.75, 3.05) is 0 Å². The van der Waals surface area contributed by atoms with Gasteiger partial charge in [0.15, 0.2) is 11.4 Å². The molecule has 0 aliphatic heterocycles. The normalized spacial score (nSPS) is 10.9. The Labute approximate surface area is 186 Å². The van der Waals surface area contributed by atoms with Crippen molar-refractivity contribution in [1.82, 2.24) is 9.78 Å². The molecule has 1 aromatic heterocycles. The van der Waals surface area contributed by atoms with Gasteiger partial charge in [-0.2, -0.15) is 5.10 Å². The minimum absolute atomic E-state index is 0.0551. The lowest BCUT2D eigenvalue weighted by Crippen LogP contribution is -2.27. The largest absolute Gasteiger partial charge is 0.420 e. The predicted octanol–water partition coefficient (Wildman–Crippen LogP) is 5.39. The van der Waals surface area contributed by atoms with Gasteiger partial charge >= 0.3 is 5.97 Å². The number of hydrogen-bond donors (Lipinski definition) is 0. The Morgan fingerprint density at radius 2 is 1.73 bits per heavy atom. The van der Waals surface area contributed by atoms with Crippen molar-refractivity contribution >= 4 is 44.3 Å². The third-order valence-electron chi connectivity index (χ3n) is 4.63. The summed E-state index contributed by atoms with van der Waals surface area (Å²) in [4.78, 5) is 26.0. The molecule has 30 heavy (non-hydrogen) atoms. The van der Waals surface area contributed by atoms with Crippen LogP contribution in [0.25, 0.3) is 10.8 Å². The molecule has 0 aliphatic carbocycles. The van der Waals surface area contributed by atoms with Crippen molar-refractivity contribution in [3.8, 4) is 5.75 Å². The summed E-state index contributed by atoms with van der Waals surface area (Å²) in [6, 6.07) is 19.8. The van der Waals surface area contributed by atoms with Crippen molar-refractivity contribution in [3.05, 3.63) is 103 Å². The smallest absolute Gasteiger partial charge is 0.364 e. The van der Waals surface area contributed by atoms with Crippen LogP contribution in [-0.2, 0) is 6.54 Å². The molecule has 0 unspecified atom stereocenters. The van der Waals surface area contributed by atoms with Gasteiger partial charge in [0, 0.05) is 9.86 Å². The molecule has 0 spiro atoms. The van der Waals surface area contributed by atoms with Gasteiger partial charge in [0.1, 0.15) is 0 Å². The quantitative estimate of drug-likeness (QED) is 0.288. The Kier molecular flexibility index (Phi) is 5.70. The fourth-order valence-electron chi connectivity index (χ4n) is 3.21. The Hall–Kier alpha value is -2.96. The van der Waals surface area contributed by atoms with Gasteiger partial charge in [-0.15, -0.1) is 0 Å². The number of carbonyl (C=O) groups is 1. The van der Waals surface area contributed by atoms with Crippen LogP contribution < -0.4 is 10.3 Å². The molecule has 5 nitrogen and oxygen atoms in total. The number of nitrogens with zero attached hydrogens (tertiary/aromatic N) is 2. The van der Waals surface area contributed by atoms with E-state index < -0.39 is 5.97 Å². The topological polar surface area (TPSA) is 61.2 Å². The molecule has 0 radical (unpaired) electrons. The van der Waals surface area contributed by atoms with E-state index in [1.165, 1.54) is 4.68 Å². The number of fused-ring (bicyclic) bond motifs is 1. The fourth-order valence-corrected chi connectivity index (χ4v) is 4.22. The van der Waals surface area contributed by atoms with Gasteiger partial charge in [0.25, 0.3) is 5.56 Å². The number of halogens is 2. The zero-order valence-corrected chi connectivity index (χ0v) is 18.3. The molecule has 0 atom stereocenters. The molecule has 0 saturated carbocycles. The number of rotatable bonds is 4. The monoisotopic (exact) mass is 482 g/mol. The Balaban J connectivity index is 1.81. The SMILES string of the molecule is Cc1cc(Br)cc(Cl)c1OC(=O)c1nn(Cc2ccccc2)c(=O)c2ccccc12. The van der Waals surface area contributed by atoms with Crippen LogP contribution in [-0.4, -0.2) is 15.7 Å². The summed E-state index contributed by atoms with van der Waals surface area (Å²) in [6.07, 6.45) is 0. The minimum atomic E-state index is -0.680. The molecule has 0 fully saturated rings. The molecule has 0 aliphatic rings. The highest BCUT2D eigenvalue weighted by atomic mass is 79.9.